The third-order valence-electron chi connectivity index (χ3n) is 2.76. The number of hydrogen-bond acceptors (Lipinski definition) is 5. The van der Waals surface area contributed by atoms with E-state index in [-0.39, 0.29) is 17.9 Å². The number of aryl methyl sites for hydroxylation is 1. The SMILES string of the molecule is Cn1cnc(CCNC(=O)C2COCC2N)n1. The van der Waals surface area contributed by atoms with Crippen LogP contribution < -0.4 is 11.1 Å². The summed E-state index contributed by atoms with van der Waals surface area (Å²) in [5.74, 6) is 0.442. The van der Waals surface area contributed by atoms with Crippen molar-refractivity contribution in [1.29, 1.82) is 0 Å². The van der Waals surface area contributed by atoms with E-state index in [4.69, 9.17) is 10.5 Å². The Morgan fingerprint density at radius 2 is 2.53 bits per heavy atom. The maximum absolute atomic E-state index is 11.7. The van der Waals surface area contributed by atoms with Crippen molar-refractivity contribution in [3.63, 3.8) is 0 Å². The monoisotopic (exact) mass is 239 g/mol. The van der Waals surface area contributed by atoms with Gasteiger partial charge in [0.2, 0.25) is 5.91 Å². The van der Waals surface area contributed by atoms with Crippen molar-refractivity contribution in [2.24, 2.45) is 18.7 Å². The van der Waals surface area contributed by atoms with Crippen LogP contribution >= 0.6 is 0 Å². The highest BCUT2D eigenvalue weighted by molar-refractivity contribution is 5.79. The van der Waals surface area contributed by atoms with E-state index < -0.39 is 0 Å². The molecule has 0 bridgehead atoms. The van der Waals surface area contributed by atoms with E-state index in [0.717, 1.165) is 5.82 Å². The van der Waals surface area contributed by atoms with E-state index in [1.807, 2.05) is 7.05 Å². The van der Waals surface area contributed by atoms with Crippen molar-refractivity contribution in [3.05, 3.63) is 12.2 Å². The molecule has 0 aromatic carbocycles. The molecule has 1 aliphatic heterocycles. The van der Waals surface area contributed by atoms with Crippen LogP contribution in [-0.2, 0) is 23.0 Å². The van der Waals surface area contributed by atoms with Gasteiger partial charge in [-0.3, -0.25) is 9.48 Å². The van der Waals surface area contributed by atoms with Crippen molar-refractivity contribution in [1.82, 2.24) is 20.1 Å². The molecule has 0 saturated carbocycles. The average Bonchev–Trinajstić information content (AvgIpc) is 2.87. The van der Waals surface area contributed by atoms with Gasteiger partial charge in [0.1, 0.15) is 6.33 Å². The number of nitrogens with one attached hydrogen (secondary N) is 1. The van der Waals surface area contributed by atoms with Crippen molar-refractivity contribution in [2.45, 2.75) is 12.5 Å². The van der Waals surface area contributed by atoms with E-state index in [9.17, 15) is 4.79 Å². The van der Waals surface area contributed by atoms with Crippen LogP contribution in [0.5, 0.6) is 0 Å². The minimum absolute atomic E-state index is 0.0501. The number of nitrogens with two attached hydrogens (primary N) is 1. The van der Waals surface area contributed by atoms with Gasteiger partial charge in [-0.25, -0.2) is 4.98 Å². The Hall–Kier alpha value is -1.47. The molecule has 2 heterocycles. The van der Waals surface area contributed by atoms with E-state index in [0.29, 0.717) is 26.2 Å². The smallest absolute Gasteiger partial charge is 0.227 e. The van der Waals surface area contributed by atoms with Gasteiger partial charge in [0.15, 0.2) is 5.82 Å². The van der Waals surface area contributed by atoms with Crippen LogP contribution in [0.3, 0.4) is 0 Å². The van der Waals surface area contributed by atoms with Crippen LogP contribution in [0, 0.1) is 5.92 Å². The van der Waals surface area contributed by atoms with E-state index in [2.05, 4.69) is 15.4 Å². The first kappa shape index (κ1) is 12.0. The number of rotatable bonds is 4. The normalized spacial score (nSPS) is 23.9. The zero-order chi connectivity index (χ0) is 12.3. The van der Waals surface area contributed by atoms with Crippen LogP contribution in [-0.4, -0.2) is 46.5 Å². The van der Waals surface area contributed by atoms with Crippen molar-refractivity contribution < 1.29 is 9.53 Å². The van der Waals surface area contributed by atoms with Gasteiger partial charge in [0, 0.05) is 26.1 Å². The molecule has 0 radical (unpaired) electrons. The number of amides is 1. The third kappa shape index (κ3) is 3.01. The Kier molecular flexibility index (Phi) is 3.70. The van der Waals surface area contributed by atoms with Crippen LogP contribution in [0.4, 0.5) is 0 Å². The van der Waals surface area contributed by atoms with E-state index in [1.54, 1.807) is 11.0 Å². The van der Waals surface area contributed by atoms with Gasteiger partial charge in [-0.05, 0) is 0 Å². The molecule has 7 heteroatoms. The summed E-state index contributed by atoms with van der Waals surface area (Å²) >= 11 is 0. The van der Waals surface area contributed by atoms with Gasteiger partial charge in [-0.2, -0.15) is 5.10 Å². The summed E-state index contributed by atoms with van der Waals surface area (Å²) < 4.78 is 6.78. The Morgan fingerprint density at radius 3 is 3.12 bits per heavy atom. The first-order valence-corrected chi connectivity index (χ1v) is 5.62. The zero-order valence-electron chi connectivity index (χ0n) is 9.80. The van der Waals surface area contributed by atoms with Gasteiger partial charge in [-0.15, -0.1) is 0 Å². The zero-order valence-corrected chi connectivity index (χ0v) is 9.80. The lowest BCUT2D eigenvalue weighted by Gasteiger charge is -2.12. The van der Waals surface area contributed by atoms with Gasteiger partial charge >= 0.3 is 0 Å². The number of nitrogens with zero attached hydrogens (tertiary/aromatic N) is 3. The second-order valence-corrected chi connectivity index (χ2v) is 4.18. The lowest BCUT2D eigenvalue weighted by atomic mass is 10.0. The van der Waals surface area contributed by atoms with Crippen LogP contribution in [0.2, 0.25) is 0 Å². The summed E-state index contributed by atoms with van der Waals surface area (Å²) in [6.45, 7) is 1.39. The lowest BCUT2D eigenvalue weighted by Crippen LogP contribution is -2.41. The quantitative estimate of drug-likeness (QED) is 0.663. The minimum atomic E-state index is -0.230. The predicted octanol–water partition coefficient (Wildman–Crippen LogP) is -1.55. The van der Waals surface area contributed by atoms with Crippen LogP contribution in [0.1, 0.15) is 5.82 Å². The second kappa shape index (κ2) is 5.24. The standard InChI is InChI=1S/C10H17N5O2/c1-15-6-13-9(14-15)2-3-12-10(16)7-4-17-5-8(7)11/h6-8H,2-5,11H2,1H3,(H,12,16). The number of carbonyl (C=O) groups excluding carboxylic acids is 1. The maximum atomic E-state index is 11.7. The summed E-state index contributed by atoms with van der Waals surface area (Å²) in [7, 11) is 1.81. The molecule has 1 saturated heterocycles. The summed E-state index contributed by atoms with van der Waals surface area (Å²) in [6.07, 6.45) is 2.26. The molecule has 2 unspecified atom stereocenters. The number of hydrogen-bond donors (Lipinski definition) is 2. The minimum Gasteiger partial charge on any atom is -0.379 e. The average molecular weight is 239 g/mol. The molecule has 0 spiro atoms. The molecule has 1 amide bonds. The lowest BCUT2D eigenvalue weighted by molar-refractivity contribution is -0.125. The van der Waals surface area contributed by atoms with Gasteiger partial charge in [0.05, 0.1) is 19.1 Å². The Morgan fingerprint density at radius 1 is 1.71 bits per heavy atom. The summed E-state index contributed by atoms with van der Waals surface area (Å²) in [6, 6.07) is -0.192. The first-order chi connectivity index (χ1) is 8.16. The summed E-state index contributed by atoms with van der Waals surface area (Å²) in [5, 5.41) is 6.95. The topological polar surface area (TPSA) is 95.1 Å². The van der Waals surface area contributed by atoms with Gasteiger partial charge in [0.25, 0.3) is 0 Å². The van der Waals surface area contributed by atoms with Gasteiger partial charge < -0.3 is 15.8 Å². The number of ether oxygens (including phenoxy) is 1. The van der Waals surface area contributed by atoms with Crippen molar-refractivity contribution in [2.75, 3.05) is 19.8 Å². The first-order valence-electron chi connectivity index (χ1n) is 5.62. The second-order valence-electron chi connectivity index (χ2n) is 4.18. The molecule has 1 aliphatic rings. The molecule has 1 aromatic rings. The molecular formula is C10H17N5O2. The van der Waals surface area contributed by atoms with Crippen LogP contribution in [0.25, 0.3) is 0 Å². The summed E-state index contributed by atoms with van der Waals surface area (Å²) in [4.78, 5) is 15.8. The van der Waals surface area contributed by atoms with Crippen LogP contribution in [0.15, 0.2) is 6.33 Å². The molecule has 2 atom stereocenters. The highest BCUT2D eigenvalue weighted by atomic mass is 16.5. The molecule has 2 rings (SSSR count). The number of aromatic nitrogens is 3. The van der Waals surface area contributed by atoms with Crippen molar-refractivity contribution in [3.8, 4) is 0 Å². The largest absolute Gasteiger partial charge is 0.379 e. The number of carbonyl (C=O) groups is 1. The van der Waals surface area contributed by atoms with E-state index in [1.165, 1.54) is 0 Å². The molecule has 1 aromatic heterocycles. The third-order valence-corrected chi connectivity index (χ3v) is 2.76. The molecule has 3 N–H and O–H groups in total. The molecule has 1 fully saturated rings. The Balaban J connectivity index is 1.73. The fourth-order valence-corrected chi connectivity index (χ4v) is 1.77. The Labute approximate surface area is 99.3 Å². The molecular weight excluding hydrogens is 222 g/mol. The highest BCUT2D eigenvalue weighted by Gasteiger charge is 2.30. The van der Waals surface area contributed by atoms with Gasteiger partial charge in [-0.1, -0.05) is 0 Å². The fourth-order valence-electron chi connectivity index (χ4n) is 1.77. The maximum Gasteiger partial charge on any atom is 0.227 e. The highest BCUT2D eigenvalue weighted by Crippen LogP contribution is 2.11. The molecule has 0 aliphatic carbocycles. The molecule has 7 nitrogen and oxygen atoms in total. The Bertz CT molecular complexity index is 392. The molecule has 94 valence electrons. The molecule has 17 heavy (non-hydrogen) atoms. The van der Waals surface area contributed by atoms with Crippen molar-refractivity contribution >= 4 is 5.91 Å². The van der Waals surface area contributed by atoms with E-state index >= 15 is 0 Å². The summed E-state index contributed by atoms with van der Waals surface area (Å²) in [5.41, 5.74) is 5.75. The predicted molar refractivity (Wildman–Crippen MR) is 60.0 cm³/mol. The fraction of sp³-hybridized carbons (Fsp3) is 0.700.